The minimum absolute atomic E-state index is 0.0572. The van der Waals surface area contributed by atoms with E-state index in [-0.39, 0.29) is 24.6 Å². The van der Waals surface area contributed by atoms with Crippen molar-refractivity contribution in [2.75, 3.05) is 37.5 Å². The number of carboxylic acids is 1. The largest absolute Gasteiger partial charge is 0.490 e. The number of carbonyl (C=O) groups excluding carboxylic acids is 3. The number of amides is 2. The molecule has 37 heavy (non-hydrogen) atoms. The van der Waals surface area contributed by atoms with Gasteiger partial charge < -0.3 is 20.6 Å². The predicted octanol–water partition coefficient (Wildman–Crippen LogP) is 4.26. The summed E-state index contributed by atoms with van der Waals surface area (Å²) >= 11 is 12.6. The molecule has 17 heteroatoms. The zero-order valence-corrected chi connectivity index (χ0v) is 21.6. The third-order valence-electron chi connectivity index (χ3n) is 3.81. The van der Waals surface area contributed by atoms with Crippen LogP contribution in [0.15, 0.2) is 18.2 Å². The summed E-state index contributed by atoms with van der Waals surface area (Å²) in [6, 6.07) is 3.55. The van der Waals surface area contributed by atoms with E-state index in [0.717, 1.165) is 11.8 Å². The van der Waals surface area contributed by atoms with E-state index >= 15 is 0 Å². The molecule has 0 heterocycles. The van der Waals surface area contributed by atoms with Crippen molar-refractivity contribution in [1.29, 1.82) is 0 Å². The fourth-order valence-electron chi connectivity index (χ4n) is 2.29. The van der Waals surface area contributed by atoms with Gasteiger partial charge in [0.25, 0.3) is 0 Å². The molecule has 0 aromatic heterocycles. The second-order valence-electron chi connectivity index (χ2n) is 7.42. The van der Waals surface area contributed by atoms with Crippen molar-refractivity contribution in [3.63, 3.8) is 0 Å². The number of carbonyl (C=O) groups is 4. The third kappa shape index (κ3) is 16.3. The summed E-state index contributed by atoms with van der Waals surface area (Å²) in [7, 11) is 3.38. The number of halogens is 8. The Labute approximate surface area is 222 Å². The maximum absolute atomic E-state index is 12.6. The number of carboxylic acid groups (broad SMARTS) is 1. The second-order valence-corrected chi connectivity index (χ2v) is 9.40. The van der Waals surface area contributed by atoms with Crippen LogP contribution in [-0.2, 0) is 19.2 Å². The Morgan fingerprint density at radius 1 is 1.00 bits per heavy atom. The fraction of sp³-hybridized carbons (Fsp3) is 0.500. The quantitative estimate of drug-likeness (QED) is 0.256. The highest BCUT2D eigenvalue weighted by molar-refractivity contribution is 7.99. The normalized spacial score (nSPS) is 12.3. The highest BCUT2D eigenvalue weighted by Crippen LogP contribution is 2.23. The van der Waals surface area contributed by atoms with E-state index in [1.54, 1.807) is 19.0 Å². The number of nitrogens with one attached hydrogen (secondary N) is 2. The van der Waals surface area contributed by atoms with Crippen LogP contribution in [0.1, 0.15) is 12.8 Å². The van der Waals surface area contributed by atoms with Gasteiger partial charge in [-0.1, -0.05) is 23.2 Å². The van der Waals surface area contributed by atoms with Gasteiger partial charge in [-0.2, -0.15) is 38.1 Å². The highest BCUT2D eigenvalue weighted by Gasteiger charge is 2.38. The first-order valence-electron chi connectivity index (χ1n) is 10.0. The zero-order chi connectivity index (χ0) is 29.0. The molecular weight excluding hydrogens is 579 g/mol. The molecule has 1 atom stereocenters. The second kappa shape index (κ2) is 15.9. The lowest BCUT2D eigenvalue weighted by molar-refractivity contribution is -0.192. The number of rotatable bonds is 11. The number of anilines is 1. The van der Waals surface area contributed by atoms with Gasteiger partial charge in [0.05, 0.1) is 12.3 Å². The van der Waals surface area contributed by atoms with Gasteiger partial charge in [-0.15, -0.1) is 0 Å². The first-order valence-corrected chi connectivity index (χ1v) is 11.9. The Balaban J connectivity index is 0.00000161. The van der Waals surface area contributed by atoms with Crippen LogP contribution < -0.4 is 10.6 Å². The number of hydrogen-bond acceptors (Lipinski definition) is 6. The molecule has 0 fully saturated rings. The molecule has 0 aliphatic rings. The molecule has 1 rings (SSSR count). The molecule has 8 nitrogen and oxygen atoms in total. The van der Waals surface area contributed by atoms with E-state index in [4.69, 9.17) is 33.1 Å². The van der Waals surface area contributed by atoms with Crippen molar-refractivity contribution in [2.45, 2.75) is 31.2 Å². The van der Waals surface area contributed by atoms with Crippen LogP contribution in [0.25, 0.3) is 0 Å². The molecule has 210 valence electrons. The monoisotopic (exact) mass is 601 g/mol. The van der Waals surface area contributed by atoms with Gasteiger partial charge in [-0.25, -0.2) is 4.79 Å². The number of likely N-dealkylation sites (N-methyl/N-ethyl adjacent to an activating group) is 1. The third-order valence-corrected chi connectivity index (χ3v) is 5.30. The average molecular weight is 602 g/mol. The molecule has 0 aliphatic heterocycles. The van der Waals surface area contributed by atoms with Crippen molar-refractivity contribution in [3.8, 4) is 0 Å². The Hall–Kier alpha value is -2.23. The van der Waals surface area contributed by atoms with Crippen molar-refractivity contribution < 1.29 is 50.6 Å². The number of alkyl halides is 6. The number of aliphatic carboxylic acids is 1. The van der Waals surface area contributed by atoms with Gasteiger partial charge in [0.2, 0.25) is 17.6 Å². The van der Waals surface area contributed by atoms with Gasteiger partial charge in [0.1, 0.15) is 6.04 Å². The molecule has 0 unspecified atom stereocenters. The van der Waals surface area contributed by atoms with Crippen LogP contribution in [0.2, 0.25) is 10.0 Å². The van der Waals surface area contributed by atoms with Crippen molar-refractivity contribution in [1.82, 2.24) is 10.2 Å². The van der Waals surface area contributed by atoms with E-state index in [9.17, 15) is 40.7 Å². The standard InChI is InChI=1S/C18H22Cl2F3N3O3S.C2HF3O2/c1-26(2)9-16(28)25-14(4-3-5-30-10-15(27)18(21,22)23)17(29)24-13-7-11(19)6-12(20)8-13;3-2(4,5)1(6)7/h6-8,14H,3-5,9-10H2,1-2H3,(H,24,29)(H,25,28);(H,6,7)/t14-;/m0./s1. The van der Waals surface area contributed by atoms with Gasteiger partial charge in [-0.05, 0) is 50.9 Å². The number of thioether (sulfide) groups is 1. The average Bonchev–Trinajstić information content (AvgIpc) is 2.70. The Bertz CT molecular complexity index is 928. The van der Waals surface area contributed by atoms with Gasteiger partial charge >= 0.3 is 18.3 Å². The first kappa shape index (κ1) is 34.8. The zero-order valence-electron chi connectivity index (χ0n) is 19.3. The summed E-state index contributed by atoms with van der Waals surface area (Å²) < 4.78 is 68.4. The lowest BCUT2D eigenvalue weighted by Gasteiger charge is -2.20. The lowest BCUT2D eigenvalue weighted by atomic mass is 10.1. The number of ketones is 1. The van der Waals surface area contributed by atoms with E-state index in [1.165, 1.54) is 18.2 Å². The number of benzene rings is 1. The lowest BCUT2D eigenvalue weighted by Crippen LogP contribution is -2.46. The summed E-state index contributed by atoms with van der Waals surface area (Å²) in [6.07, 6.45) is -9.45. The number of Topliss-reactive ketones (excluding diaryl/α,β-unsaturated/α-hetero) is 1. The van der Waals surface area contributed by atoms with Gasteiger partial charge in [-0.3, -0.25) is 14.4 Å². The summed E-state index contributed by atoms with van der Waals surface area (Å²) in [5, 5.41) is 13.0. The topological polar surface area (TPSA) is 116 Å². The summed E-state index contributed by atoms with van der Waals surface area (Å²) in [4.78, 5) is 46.1. The SMILES string of the molecule is CN(C)CC(=O)N[C@@H](CCCSCC(=O)C(F)(F)F)C(=O)Nc1cc(Cl)cc(Cl)c1.O=C(O)C(F)(F)F. The first-order chi connectivity index (χ1) is 16.8. The Kier molecular flexibility index (Phi) is 14.9. The van der Waals surface area contributed by atoms with Gasteiger partial charge in [0.15, 0.2) is 0 Å². The molecular formula is C20H23Cl2F6N3O5S. The molecule has 3 N–H and O–H groups in total. The maximum atomic E-state index is 12.6. The smallest absolute Gasteiger partial charge is 0.475 e. The highest BCUT2D eigenvalue weighted by atomic mass is 35.5. The number of hydrogen-bond donors (Lipinski definition) is 3. The van der Waals surface area contributed by atoms with Crippen molar-refractivity contribution in [3.05, 3.63) is 28.2 Å². The Morgan fingerprint density at radius 2 is 1.51 bits per heavy atom. The Morgan fingerprint density at radius 3 is 1.95 bits per heavy atom. The molecule has 0 saturated carbocycles. The van der Waals surface area contributed by atoms with Gasteiger partial charge in [0, 0.05) is 15.7 Å². The molecule has 2 amide bonds. The summed E-state index contributed by atoms with van der Waals surface area (Å²) in [5.41, 5.74) is 0.342. The molecule has 1 aromatic carbocycles. The van der Waals surface area contributed by atoms with Crippen molar-refractivity contribution >= 4 is 64.2 Å². The molecule has 1 aromatic rings. The summed E-state index contributed by atoms with van der Waals surface area (Å²) in [5.74, 6) is -5.93. The predicted molar refractivity (Wildman–Crippen MR) is 127 cm³/mol. The van der Waals surface area contributed by atoms with Crippen molar-refractivity contribution in [2.24, 2.45) is 0 Å². The fourth-order valence-corrected chi connectivity index (χ4v) is 3.68. The molecule has 0 saturated heterocycles. The molecule has 0 radical (unpaired) electrons. The minimum atomic E-state index is -5.08. The van der Waals surface area contributed by atoms with E-state index in [0.29, 0.717) is 22.2 Å². The van der Waals surface area contributed by atoms with Crippen LogP contribution in [0.4, 0.5) is 32.0 Å². The van der Waals surface area contributed by atoms with E-state index < -0.39 is 41.8 Å². The molecule has 0 bridgehead atoms. The van der Waals surface area contributed by atoms with Crippen LogP contribution in [-0.4, -0.2) is 84.1 Å². The van der Waals surface area contributed by atoms with Crippen LogP contribution in [0, 0.1) is 0 Å². The maximum Gasteiger partial charge on any atom is 0.490 e. The van der Waals surface area contributed by atoms with Crippen LogP contribution in [0.3, 0.4) is 0 Å². The number of nitrogens with zero attached hydrogens (tertiary/aromatic N) is 1. The van der Waals surface area contributed by atoms with E-state index in [2.05, 4.69) is 10.6 Å². The molecule has 0 aliphatic carbocycles. The molecule has 0 spiro atoms. The summed E-state index contributed by atoms with van der Waals surface area (Å²) in [6.45, 7) is 0.0572. The van der Waals surface area contributed by atoms with Crippen LogP contribution in [0.5, 0.6) is 0 Å². The van der Waals surface area contributed by atoms with E-state index in [1.807, 2.05) is 0 Å². The van der Waals surface area contributed by atoms with Crippen LogP contribution >= 0.6 is 35.0 Å². The minimum Gasteiger partial charge on any atom is -0.475 e.